The zero-order valence-corrected chi connectivity index (χ0v) is 9.55. The highest BCUT2D eigenvalue weighted by molar-refractivity contribution is 9.09. The van der Waals surface area contributed by atoms with Crippen molar-refractivity contribution < 1.29 is 14.7 Å². The summed E-state index contributed by atoms with van der Waals surface area (Å²) in [7, 11) is 0. The molecule has 0 bridgehead atoms. The molecule has 1 N–H and O–H groups in total. The van der Waals surface area contributed by atoms with E-state index in [-0.39, 0.29) is 22.2 Å². The quantitative estimate of drug-likeness (QED) is 0.605. The van der Waals surface area contributed by atoms with Crippen LogP contribution in [0.2, 0.25) is 0 Å². The summed E-state index contributed by atoms with van der Waals surface area (Å²) in [6, 6.07) is 0. The van der Waals surface area contributed by atoms with Crippen LogP contribution in [0.15, 0.2) is 11.8 Å². The lowest BCUT2D eigenvalue weighted by Gasteiger charge is -2.44. The number of carboxylic acid groups (broad SMARTS) is 1. The average Bonchev–Trinajstić information content (AvgIpc) is 2.14. The van der Waals surface area contributed by atoms with Crippen LogP contribution in [0.5, 0.6) is 0 Å². The molecule has 0 aromatic rings. The molecule has 2 atom stereocenters. The highest BCUT2D eigenvalue weighted by Crippen LogP contribution is 2.40. The lowest BCUT2D eigenvalue weighted by Crippen LogP contribution is -2.54. The molecule has 14 heavy (non-hydrogen) atoms. The predicted octanol–water partition coefficient (Wildman–Crippen LogP) is 1.02. The molecule has 76 valence electrons. The van der Waals surface area contributed by atoms with Gasteiger partial charge in [0.05, 0.1) is 11.8 Å². The molecule has 0 saturated carbocycles. The Hall–Kier alpha value is -0.490. The predicted molar refractivity (Wildman–Crippen MR) is 56.1 cm³/mol. The number of nitrogens with zero attached hydrogens (tertiary/aromatic N) is 1. The van der Waals surface area contributed by atoms with E-state index in [1.807, 2.05) is 0 Å². The molecule has 2 rings (SSSR count). The van der Waals surface area contributed by atoms with Gasteiger partial charge < -0.3 is 5.11 Å². The molecule has 6 heteroatoms. The number of fused-ring (bicyclic) bond motifs is 1. The summed E-state index contributed by atoms with van der Waals surface area (Å²) < 4.78 is 0. The summed E-state index contributed by atoms with van der Waals surface area (Å²) in [6.45, 7) is 0. The summed E-state index contributed by atoms with van der Waals surface area (Å²) in [5.41, 5.74) is 0.134. The number of rotatable bonds is 2. The monoisotopic (exact) mass is 277 g/mol. The molecular formula is C8H8BrNO3S. The number of halogens is 1. The van der Waals surface area contributed by atoms with Crippen LogP contribution in [-0.4, -0.2) is 37.8 Å². The van der Waals surface area contributed by atoms with Crippen LogP contribution >= 0.6 is 27.7 Å². The van der Waals surface area contributed by atoms with Crippen LogP contribution < -0.4 is 0 Å². The number of hydrogen-bond acceptors (Lipinski definition) is 3. The van der Waals surface area contributed by atoms with Gasteiger partial charge in [-0.3, -0.25) is 9.69 Å². The highest BCUT2D eigenvalue weighted by atomic mass is 79.9. The fourth-order valence-electron chi connectivity index (χ4n) is 1.54. The SMILES string of the molecule is O=C(O)C1=CC(CBr)S[C@@H]2CC(=O)N12. The average molecular weight is 278 g/mol. The molecule has 0 spiro atoms. The minimum atomic E-state index is -1.02. The Morgan fingerprint density at radius 2 is 2.50 bits per heavy atom. The maximum absolute atomic E-state index is 11.2. The van der Waals surface area contributed by atoms with Gasteiger partial charge in [-0.15, -0.1) is 11.8 Å². The molecule has 2 heterocycles. The topological polar surface area (TPSA) is 57.6 Å². The maximum atomic E-state index is 11.2. The van der Waals surface area contributed by atoms with Gasteiger partial charge in [-0.05, 0) is 6.08 Å². The van der Waals surface area contributed by atoms with E-state index in [1.165, 1.54) is 4.90 Å². The Kier molecular flexibility index (Phi) is 2.57. The van der Waals surface area contributed by atoms with Gasteiger partial charge in [0.15, 0.2) is 0 Å². The van der Waals surface area contributed by atoms with E-state index in [4.69, 9.17) is 5.11 Å². The van der Waals surface area contributed by atoms with Gasteiger partial charge in [0.25, 0.3) is 0 Å². The second-order valence-electron chi connectivity index (χ2n) is 3.11. The number of alkyl halides is 1. The summed E-state index contributed by atoms with van der Waals surface area (Å²) in [4.78, 5) is 23.4. The molecule has 2 aliphatic rings. The molecule has 0 aliphatic carbocycles. The van der Waals surface area contributed by atoms with E-state index in [1.54, 1.807) is 17.8 Å². The molecule has 2 aliphatic heterocycles. The van der Waals surface area contributed by atoms with Crippen molar-refractivity contribution in [2.45, 2.75) is 17.0 Å². The zero-order valence-electron chi connectivity index (χ0n) is 7.14. The van der Waals surface area contributed by atoms with Gasteiger partial charge in [-0.25, -0.2) is 4.79 Å². The second-order valence-corrected chi connectivity index (χ2v) is 5.18. The van der Waals surface area contributed by atoms with Crippen molar-refractivity contribution in [2.75, 3.05) is 5.33 Å². The van der Waals surface area contributed by atoms with Gasteiger partial charge in [0.2, 0.25) is 5.91 Å². The number of aliphatic carboxylic acids is 1. The van der Waals surface area contributed by atoms with Gasteiger partial charge in [0, 0.05) is 10.6 Å². The standard InChI is InChI=1S/C8H8BrNO3S/c9-3-4-1-5(8(12)13)10-6(11)2-7(10)14-4/h1,4,7H,2-3H2,(H,12,13)/t4?,7-/m1/s1. The van der Waals surface area contributed by atoms with E-state index in [2.05, 4.69) is 15.9 Å². The number of β-lactam (4-membered cyclic amide) rings is 1. The van der Waals surface area contributed by atoms with Gasteiger partial charge in [-0.1, -0.05) is 15.9 Å². The van der Waals surface area contributed by atoms with Crippen LogP contribution in [0.25, 0.3) is 0 Å². The Morgan fingerprint density at radius 1 is 1.79 bits per heavy atom. The minimum Gasteiger partial charge on any atom is -0.477 e. The molecule has 0 radical (unpaired) electrons. The third kappa shape index (κ3) is 1.46. The van der Waals surface area contributed by atoms with Crippen LogP contribution in [0.1, 0.15) is 6.42 Å². The lowest BCUT2D eigenvalue weighted by molar-refractivity contribution is -0.146. The van der Waals surface area contributed by atoms with Crippen molar-refractivity contribution in [1.29, 1.82) is 0 Å². The number of carboxylic acids is 1. The van der Waals surface area contributed by atoms with Gasteiger partial charge in [-0.2, -0.15) is 0 Å². The maximum Gasteiger partial charge on any atom is 0.352 e. The zero-order chi connectivity index (χ0) is 10.3. The Balaban J connectivity index is 2.27. The van der Waals surface area contributed by atoms with Crippen LogP contribution in [-0.2, 0) is 9.59 Å². The van der Waals surface area contributed by atoms with E-state index in [0.717, 1.165) is 0 Å². The second kappa shape index (κ2) is 3.58. The number of thioether (sulfide) groups is 1. The van der Waals surface area contributed by atoms with Gasteiger partial charge in [0.1, 0.15) is 5.70 Å². The smallest absolute Gasteiger partial charge is 0.352 e. The van der Waals surface area contributed by atoms with E-state index >= 15 is 0 Å². The third-order valence-corrected chi connectivity index (χ3v) is 4.68. The van der Waals surface area contributed by atoms with Crippen LogP contribution in [0.4, 0.5) is 0 Å². The summed E-state index contributed by atoms with van der Waals surface area (Å²) in [5.74, 6) is -1.11. The first-order chi connectivity index (χ1) is 6.63. The van der Waals surface area contributed by atoms with Crippen molar-refractivity contribution in [3.05, 3.63) is 11.8 Å². The van der Waals surface area contributed by atoms with Crippen molar-refractivity contribution in [1.82, 2.24) is 4.90 Å². The van der Waals surface area contributed by atoms with Crippen LogP contribution in [0.3, 0.4) is 0 Å². The van der Waals surface area contributed by atoms with Crippen molar-refractivity contribution in [2.24, 2.45) is 0 Å². The van der Waals surface area contributed by atoms with Crippen molar-refractivity contribution in [3.8, 4) is 0 Å². The first-order valence-corrected chi connectivity index (χ1v) is 6.18. The molecular weight excluding hydrogens is 270 g/mol. The van der Waals surface area contributed by atoms with Crippen molar-refractivity contribution in [3.63, 3.8) is 0 Å². The van der Waals surface area contributed by atoms with E-state index in [0.29, 0.717) is 11.8 Å². The largest absolute Gasteiger partial charge is 0.477 e. The molecule has 4 nitrogen and oxygen atoms in total. The number of amides is 1. The molecule has 1 saturated heterocycles. The lowest BCUT2D eigenvalue weighted by atomic mass is 10.1. The van der Waals surface area contributed by atoms with Crippen LogP contribution in [0, 0.1) is 0 Å². The Bertz CT molecular complexity index is 331. The summed E-state index contributed by atoms with van der Waals surface area (Å²) in [6.07, 6.45) is 2.09. The minimum absolute atomic E-state index is 0.0288. The molecule has 1 amide bonds. The summed E-state index contributed by atoms with van der Waals surface area (Å²) in [5, 5.41) is 9.80. The Labute approximate surface area is 93.5 Å². The molecule has 0 aromatic carbocycles. The van der Waals surface area contributed by atoms with E-state index in [9.17, 15) is 9.59 Å². The van der Waals surface area contributed by atoms with E-state index < -0.39 is 5.97 Å². The fourth-order valence-corrected chi connectivity index (χ4v) is 3.46. The number of carbonyl (C=O) groups is 2. The normalized spacial score (nSPS) is 30.5. The molecule has 0 aromatic heterocycles. The summed E-state index contributed by atoms with van der Waals surface area (Å²) >= 11 is 4.94. The fraction of sp³-hybridized carbons (Fsp3) is 0.500. The third-order valence-electron chi connectivity index (χ3n) is 2.21. The molecule has 1 unspecified atom stereocenters. The molecule has 1 fully saturated rings. The Morgan fingerprint density at radius 3 is 3.00 bits per heavy atom. The van der Waals surface area contributed by atoms with Crippen molar-refractivity contribution >= 4 is 39.6 Å². The first-order valence-electron chi connectivity index (χ1n) is 4.12. The number of carbonyl (C=O) groups excluding carboxylic acids is 1. The highest BCUT2D eigenvalue weighted by Gasteiger charge is 2.44. The number of hydrogen-bond donors (Lipinski definition) is 1. The van der Waals surface area contributed by atoms with Gasteiger partial charge >= 0.3 is 5.97 Å². The first kappa shape index (κ1) is 10.0.